The number of amides is 1. The minimum atomic E-state index is -2.03. The average Bonchev–Trinajstić information content (AvgIpc) is 2.44. The number of carbonyl (C=O) groups is 1. The average molecular weight is 304 g/mol. The maximum Gasteiger partial charge on any atom is 0.308 e. The molecular formula is C12H11F3N2O4. The molecule has 1 aliphatic heterocycles. The van der Waals surface area contributed by atoms with E-state index in [1.165, 1.54) is 4.90 Å². The number of morpholine rings is 1. The Morgan fingerprint density at radius 3 is 2.62 bits per heavy atom. The molecule has 2 rings (SSSR count). The van der Waals surface area contributed by atoms with Crippen LogP contribution in [0.2, 0.25) is 0 Å². The van der Waals surface area contributed by atoms with Crippen molar-refractivity contribution in [2.24, 2.45) is 0 Å². The van der Waals surface area contributed by atoms with E-state index in [0.717, 1.165) is 0 Å². The van der Waals surface area contributed by atoms with Crippen LogP contribution in [-0.4, -0.2) is 41.5 Å². The number of rotatable bonds is 2. The summed E-state index contributed by atoms with van der Waals surface area (Å²) in [5, 5.41) is 10.6. The normalized spacial score (nSPS) is 18.7. The number of halogens is 3. The molecule has 114 valence electrons. The van der Waals surface area contributed by atoms with Gasteiger partial charge in [-0.15, -0.1) is 0 Å². The summed E-state index contributed by atoms with van der Waals surface area (Å²) in [6.45, 7) is 2.16. The van der Waals surface area contributed by atoms with Crippen molar-refractivity contribution in [2.45, 2.75) is 13.0 Å². The molecule has 0 aliphatic carbocycles. The number of ether oxygens (including phenoxy) is 1. The molecule has 1 fully saturated rings. The lowest BCUT2D eigenvalue weighted by atomic mass is 10.1. The predicted molar refractivity (Wildman–Crippen MR) is 64.3 cm³/mol. The highest BCUT2D eigenvalue weighted by Crippen LogP contribution is 2.26. The van der Waals surface area contributed by atoms with Gasteiger partial charge in [-0.3, -0.25) is 14.9 Å². The Balaban J connectivity index is 2.43. The van der Waals surface area contributed by atoms with Gasteiger partial charge >= 0.3 is 5.69 Å². The molecule has 0 saturated carbocycles. The van der Waals surface area contributed by atoms with Crippen LogP contribution in [0.15, 0.2) is 6.07 Å². The summed E-state index contributed by atoms with van der Waals surface area (Å²) in [4.78, 5) is 22.7. The van der Waals surface area contributed by atoms with Gasteiger partial charge in [0.15, 0.2) is 5.82 Å². The van der Waals surface area contributed by atoms with Crippen LogP contribution in [0, 0.1) is 27.6 Å². The first kappa shape index (κ1) is 15.2. The monoisotopic (exact) mass is 304 g/mol. The van der Waals surface area contributed by atoms with Crippen molar-refractivity contribution in [3.63, 3.8) is 0 Å². The summed E-state index contributed by atoms with van der Waals surface area (Å²) in [6.07, 6.45) is -0.300. The van der Waals surface area contributed by atoms with E-state index in [2.05, 4.69) is 0 Å². The second-order valence-electron chi connectivity index (χ2n) is 4.57. The molecular weight excluding hydrogens is 293 g/mol. The van der Waals surface area contributed by atoms with Gasteiger partial charge in [0.2, 0.25) is 11.6 Å². The maximum atomic E-state index is 13.7. The largest absolute Gasteiger partial charge is 0.375 e. The van der Waals surface area contributed by atoms with E-state index in [1.807, 2.05) is 0 Å². The molecule has 1 saturated heterocycles. The van der Waals surface area contributed by atoms with Crippen LogP contribution in [0.1, 0.15) is 17.3 Å². The SMILES string of the molecule is CC1CN(C(=O)c2cc([N+](=O)[O-])c(F)c(F)c2F)CCO1. The van der Waals surface area contributed by atoms with Crippen LogP contribution in [-0.2, 0) is 4.74 Å². The Labute approximate surface area is 117 Å². The van der Waals surface area contributed by atoms with Crippen molar-refractivity contribution in [3.8, 4) is 0 Å². The van der Waals surface area contributed by atoms with Crippen molar-refractivity contribution in [1.82, 2.24) is 4.90 Å². The molecule has 9 heteroatoms. The van der Waals surface area contributed by atoms with Crippen LogP contribution >= 0.6 is 0 Å². The Kier molecular flexibility index (Phi) is 4.12. The van der Waals surface area contributed by atoms with Crippen LogP contribution in [0.25, 0.3) is 0 Å². The van der Waals surface area contributed by atoms with Crippen LogP contribution in [0.4, 0.5) is 18.9 Å². The molecule has 0 bridgehead atoms. The van der Waals surface area contributed by atoms with Crippen LogP contribution < -0.4 is 0 Å². The highest BCUT2D eigenvalue weighted by atomic mass is 19.2. The van der Waals surface area contributed by atoms with Gasteiger partial charge in [-0.05, 0) is 6.92 Å². The lowest BCUT2D eigenvalue weighted by Crippen LogP contribution is -2.44. The topological polar surface area (TPSA) is 72.7 Å². The summed E-state index contributed by atoms with van der Waals surface area (Å²) in [7, 11) is 0. The molecule has 1 heterocycles. The van der Waals surface area contributed by atoms with E-state index in [4.69, 9.17) is 4.74 Å². The maximum absolute atomic E-state index is 13.7. The zero-order valence-corrected chi connectivity index (χ0v) is 10.9. The smallest absolute Gasteiger partial charge is 0.308 e. The predicted octanol–water partition coefficient (Wildman–Crippen LogP) is 1.87. The number of nitro benzene ring substituents is 1. The third kappa shape index (κ3) is 2.82. The van der Waals surface area contributed by atoms with Crippen molar-refractivity contribution in [1.29, 1.82) is 0 Å². The minimum absolute atomic E-state index is 0.130. The molecule has 0 N–H and O–H groups in total. The first-order chi connectivity index (χ1) is 9.82. The van der Waals surface area contributed by atoms with E-state index < -0.39 is 39.5 Å². The molecule has 1 unspecified atom stereocenters. The standard InChI is InChI=1S/C12H11F3N2O4/c1-6-5-16(2-3-21-6)12(18)7-4-8(17(19)20)10(14)11(15)9(7)13/h4,6H,2-3,5H2,1H3. The summed E-state index contributed by atoms with van der Waals surface area (Å²) < 4.78 is 45.5. The first-order valence-corrected chi connectivity index (χ1v) is 6.05. The van der Waals surface area contributed by atoms with Crippen molar-refractivity contribution < 1.29 is 27.6 Å². The van der Waals surface area contributed by atoms with Gasteiger partial charge in [-0.25, -0.2) is 8.78 Å². The van der Waals surface area contributed by atoms with E-state index in [1.54, 1.807) is 6.92 Å². The molecule has 1 atom stereocenters. The fraction of sp³-hybridized carbons (Fsp3) is 0.417. The summed E-state index contributed by atoms with van der Waals surface area (Å²) >= 11 is 0. The third-order valence-corrected chi connectivity index (χ3v) is 3.08. The molecule has 21 heavy (non-hydrogen) atoms. The fourth-order valence-electron chi connectivity index (χ4n) is 2.05. The van der Waals surface area contributed by atoms with Gasteiger partial charge < -0.3 is 9.64 Å². The minimum Gasteiger partial charge on any atom is -0.375 e. The third-order valence-electron chi connectivity index (χ3n) is 3.08. The summed E-state index contributed by atoms with van der Waals surface area (Å²) in [6, 6.07) is 0.413. The zero-order chi connectivity index (χ0) is 15.7. The van der Waals surface area contributed by atoms with Gasteiger partial charge in [0.1, 0.15) is 0 Å². The van der Waals surface area contributed by atoms with Gasteiger partial charge in [-0.2, -0.15) is 4.39 Å². The zero-order valence-electron chi connectivity index (χ0n) is 10.9. The molecule has 1 amide bonds. The molecule has 0 spiro atoms. The number of nitrogens with zero attached hydrogens (tertiary/aromatic N) is 2. The summed E-state index contributed by atoms with van der Waals surface area (Å²) in [5.74, 6) is -6.63. The van der Waals surface area contributed by atoms with Crippen molar-refractivity contribution in [2.75, 3.05) is 19.7 Å². The molecule has 1 aromatic rings. The fourth-order valence-corrected chi connectivity index (χ4v) is 2.05. The van der Waals surface area contributed by atoms with Crippen LogP contribution in [0.5, 0.6) is 0 Å². The number of nitro groups is 1. The summed E-state index contributed by atoms with van der Waals surface area (Å²) in [5.41, 5.74) is -2.15. The van der Waals surface area contributed by atoms with Gasteiger partial charge in [-0.1, -0.05) is 0 Å². The number of carbonyl (C=O) groups excluding carboxylic acids is 1. The molecule has 1 aromatic carbocycles. The first-order valence-electron chi connectivity index (χ1n) is 6.05. The second kappa shape index (κ2) is 5.68. The lowest BCUT2D eigenvalue weighted by Gasteiger charge is -2.31. The quantitative estimate of drug-likeness (QED) is 0.475. The van der Waals surface area contributed by atoms with Crippen molar-refractivity contribution >= 4 is 11.6 Å². The van der Waals surface area contributed by atoms with Gasteiger partial charge in [0, 0.05) is 19.2 Å². The lowest BCUT2D eigenvalue weighted by molar-refractivity contribution is -0.387. The Hall–Kier alpha value is -2.16. The highest BCUT2D eigenvalue weighted by Gasteiger charge is 2.31. The molecule has 0 radical (unpaired) electrons. The van der Waals surface area contributed by atoms with E-state index in [9.17, 15) is 28.1 Å². The molecule has 6 nitrogen and oxygen atoms in total. The molecule has 0 aromatic heterocycles. The van der Waals surface area contributed by atoms with E-state index in [0.29, 0.717) is 6.07 Å². The van der Waals surface area contributed by atoms with Crippen LogP contribution in [0.3, 0.4) is 0 Å². The van der Waals surface area contributed by atoms with E-state index >= 15 is 0 Å². The van der Waals surface area contributed by atoms with Gasteiger partial charge in [0.05, 0.1) is 23.2 Å². The van der Waals surface area contributed by atoms with E-state index in [-0.39, 0.29) is 25.8 Å². The highest BCUT2D eigenvalue weighted by molar-refractivity contribution is 5.95. The second-order valence-corrected chi connectivity index (χ2v) is 4.57. The Morgan fingerprint density at radius 1 is 1.38 bits per heavy atom. The molecule has 1 aliphatic rings. The Bertz CT molecular complexity index is 609. The number of hydrogen-bond donors (Lipinski definition) is 0. The van der Waals surface area contributed by atoms with Gasteiger partial charge in [0.25, 0.3) is 5.91 Å². The Morgan fingerprint density at radius 2 is 2.05 bits per heavy atom. The number of hydrogen-bond acceptors (Lipinski definition) is 4. The van der Waals surface area contributed by atoms with Crippen molar-refractivity contribution in [3.05, 3.63) is 39.2 Å². The number of benzene rings is 1.